The molecule has 1 atom stereocenters. The first-order chi connectivity index (χ1) is 15.5. The maximum atomic E-state index is 13.3. The third-order valence-electron chi connectivity index (χ3n) is 6.75. The predicted octanol–water partition coefficient (Wildman–Crippen LogP) is 3.65. The standard InChI is InChI=1S/C25H35FN4O2/c1-18(2)29-13-10-22(11-14-29)32-15-3-12-27-25(31)20-6-9-24-28-16-23(30(24)17-20)19-4-7-21(26)8-5-19/h4-5,7-8,16,18,20,22H,3,6,9-15,17H2,1-2H3,(H,27,31). The van der Waals surface area contributed by atoms with Crippen LogP contribution in [0.4, 0.5) is 4.39 Å². The predicted molar refractivity (Wildman–Crippen MR) is 123 cm³/mol. The Labute approximate surface area is 190 Å². The van der Waals surface area contributed by atoms with E-state index in [2.05, 4.69) is 33.6 Å². The van der Waals surface area contributed by atoms with Crippen LogP contribution in [-0.4, -0.2) is 58.7 Å². The maximum Gasteiger partial charge on any atom is 0.224 e. The van der Waals surface area contributed by atoms with Gasteiger partial charge in [-0.05, 0) is 69.4 Å². The number of amides is 1. The van der Waals surface area contributed by atoms with E-state index in [0.29, 0.717) is 31.8 Å². The number of benzene rings is 1. The Morgan fingerprint density at radius 1 is 1.22 bits per heavy atom. The molecule has 1 saturated heterocycles. The highest BCUT2D eigenvalue weighted by atomic mass is 19.1. The van der Waals surface area contributed by atoms with Crippen LogP contribution in [0.1, 0.15) is 45.4 Å². The summed E-state index contributed by atoms with van der Waals surface area (Å²) in [5.74, 6) is 0.761. The van der Waals surface area contributed by atoms with Crippen LogP contribution in [0.5, 0.6) is 0 Å². The number of rotatable bonds is 8. The van der Waals surface area contributed by atoms with Crippen LogP contribution in [-0.2, 0) is 22.5 Å². The van der Waals surface area contributed by atoms with Crippen molar-refractivity contribution < 1.29 is 13.9 Å². The molecular weight excluding hydrogens is 407 g/mol. The van der Waals surface area contributed by atoms with Gasteiger partial charge in [-0.25, -0.2) is 9.37 Å². The summed E-state index contributed by atoms with van der Waals surface area (Å²) in [6, 6.07) is 7.04. The van der Waals surface area contributed by atoms with Crippen molar-refractivity contribution in [1.82, 2.24) is 19.8 Å². The molecule has 0 spiro atoms. The van der Waals surface area contributed by atoms with E-state index in [0.717, 1.165) is 62.3 Å². The van der Waals surface area contributed by atoms with Crippen LogP contribution in [0.25, 0.3) is 11.3 Å². The first kappa shape index (κ1) is 22.9. The lowest BCUT2D eigenvalue weighted by atomic mass is 9.98. The van der Waals surface area contributed by atoms with Gasteiger partial charge in [-0.1, -0.05) is 0 Å². The lowest BCUT2D eigenvalue weighted by molar-refractivity contribution is -0.126. The first-order valence-corrected chi connectivity index (χ1v) is 11.9. The van der Waals surface area contributed by atoms with E-state index in [-0.39, 0.29) is 17.6 Å². The van der Waals surface area contributed by atoms with Gasteiger partial charge in [0.2, 0.25) is 5.91 Å². The molecule has 0 bridgehead atoms. The number of imidazole rings is 1. The molecular formula is C25H35FN4O2. The van der Waals surface area contributed by atoms with E-state index >= 15 is 0 Å². The smallest absolute Gasteiger partial charge is 0.224 e. The normalized spacial score (nSPS) is 19.8. The Morgan fingerprint density at radius 3 is 2.69 bits per heavy atom. The van der Waals surface area contributed by atoms with Crippen LogP contribution in [0.2, 0.25) is 0 Å². The highest BCUT2D eigenvalue weighted by Crippen LogP contribution is 2.27. The van der Waals surface area contributed by atoms with Crippen molar-refractivity contribution in [1.29, 1.82) is 0 Å². The summed E-state index contributed by atoms with van der Waals surface area (Å²) in [7, 11) is 0. The number of carbonyl (C=O) groups is 1. The van der Waals surface area contributed by atoms with Crippen molar-refractivity contribution in [2.24, 2.45) is 5.92 Å². The minimum Gasteiger partial charge on any atom is -0.378 e. The average Bonchev–Trinajstić information content (AvgIpc) is 3.23. The van der Waals surface area contributed by atoms with Gasteiger partial charge in [0.1, 0.15) is 11.6 Å². The zero-order chi connectivity index (χ0) is 22.5. The molecule has 0 saturated carbocycles. The molecule has 6 nitrogen and oxygen atoms in total. The Kier molecular flexibility index (Phi) is 7.58. The summed E-state index contributed by atoms with van der Waals surface area (Å²) >= 11 is 0. The number of halogens is 1. The molecule has 2 aliphatic rings. The van der Waals surface area contributed by atoms with Crippen molar-refractivity contribution in [3.05, 3.63) is 42.1 Å². The van der Waals surface area contributed by atoms with Crippen LogP contribution >= 0.6 is 0 Å². The zero-order valence-corrected chi connectivity index (χ0v) is 19.2. The molecule has 1 fully saturated rings. The monoisotopic (exact) mass is 442 g/mol. The van der Waals surface area contributed by atoms with Crippen LogP contribution < -0.4 is 5.32 Å². The molecule has 174 valence electrons. The van der Waals surface area contributed by atoms with Crippen LogP contribution in [0.3, 0.4) is 0 Å². The number of piperidine rings is 1. The fourth-order valence-corrected chi connectivity index (χ4v) is 4.73. The summed E-state index contributed by atoms with van der Waals surface area (Å²) in [5.41, 5.74) is 1.86. The number of ether oxygens (including phenoxy) is 1. The lowest BCUT2D eigenvalue weighted by Gasteiger charge is -2.34. The molecule has 0 aliphatic carbocycles. The van der Waals surface area contributed by atoms with Gasteiger partial charge in [0.05, 0.1) is 23.9 Å². The van der Waals surface area contributed by atoms with E-state index in [1.54, 1.807) is 12.1 Å². The molecule has 1 aromatic heterocycles. The molecule has 0 radical (unpaired) electrons. The minimum absolute atomic E-state index is 0.0721. The SMILES string of the molecule is CC(C)N1CCC(OCCCNC(=O)C2CCc3ncc(-c4ccc(F)cc4)n3C2)CC1. The Morgan fingerprint density at radius 2 is 1.97 bits per heavy atom. The van der Waals surface area contributed by atoms with E-state index in [1.165, 1.54) is 12.1 Å². The average molecular weight is 443 g/mol. The number of hydrogen-bond donors (Lipinski definition) is 1. The van der Waals surface area contributed by atoms with E-state index in [9.17, 15) is 9.18 Å². The fourth-order valence-electron chi connectivity index (χ4n) is 4.73. The second-order valence-electron chi connectivity index (χ2n) is 9.26. The van der Waals surface area contributed by atoms with Crippen molar-refractivity contribution in [2.45, 2.75) is 64.6 Å². The zero-order valence-electron chi connectivity index (χ0n) is 19.2. The summed E-state index contributed by atoms with van der Waals surface area (Å²) in [5, 5.41) is 3.09. The number of nitrogens with one attached hydrogen (secondary N) is 1. The second-order valence-corrected chi connectivity index (χ2v) is 9.26. The largest absolute Gasteiger partial charge is 0.378 e. The first-order valence-electron chi connectivity index (χ1n) is 11.9. The van der Waals surface area contributed by atoms with E-state index in [1.807, 2.05) is 6.20 Å². The van der Waals surface area contributed by atoms with Crippen molar-refractivity contribution in [3.63, 3.8) is 0 Å². The number of fused-ring (bicyclic) bond motifs is 1. The molecule has 1 N–H and O–H groups in total. The van der Waals surface area contributed by atoms with Gasteiger partial charge in [0.15, 0.2) is 0 Å². The van der Waals surface area contributed by atoms with Crippen molar-refractivity contribution in [2.75, 3.05) is 26.2 Å². The third kappa shape index (κ3) is 5.56. The topological polar surface area (TPSA) is 59.4 Å². The highest BCUT2D eigenvalue weighted by Gasteiger charge is 2.27. The van der Waals surface area contributed by atoms with Gasteiger partial charge >= 0.3 is 0 Å². The fraction of sp³-hybridized carbons (Fsp3) is 0.600. The van der Waals surface area contributed by atoms with Gasteiger partial charge in [-0.15, -0.1) is 0 Å². The summed E-state index contributed by atoms with van der Waals surface area (Å²) in [4.78, 5) is 19.8. The van der Waals surface area contributed by atoms with Crippen molar-refractivity contribution in [3.8, 4) is 11.3 Å². The molecule has 2 aromatic rings. The molecule has 1 unspecified atom stereocenters. The van der Waals surface area contributed by atoms with Gasteiger partial charge in [0.25, 0.3) is 0 Å². The van der Waals surface area contributed by atoms with Crippen molar-refractivity contribution >= 4 is 5.91 Å². The molecule has 3 heterocycles. The summed E-state index contributed by atoms with van der Waals surface area (Å²) in [6.07, 6.45) is 6.77. The van der Waals surface area contributed by atoms with Gasteiger partial charge in [0, 0.05) is 45.2 Å². The maximum absolute atomic E-state index is 13.3. The van der Waals surface area contributed by atoms with Crippen LogP contribution in [0.15, 0.2) is 30.5 Å². The molecule has 7 heteroatoms. The molecule has 4 rings (SSSR count). The number of carbonyl (C=O) groups excluding carboxylic acids is 1. The quantitative estimate of drug-likeness (QED) is 0.634. The number of likely N-dealkylation sites (tertiary alicyclic amines) is 1. The Balaban J connectivity index is 1.20. The van der Waals surface area contributed by atoms with E-state index in [4.69, 9.17) is 4.74 Å². The number of hydrogen-bond acceptors (Lipinski definition) is 4. The van der Waals surface area contributed by atoms with Gasteiger partial charge in [-0.2, -0.15) is 0 Å². The molecule has 32 heavy (non-hydrogen) atoms. The lowest BCUT2D eigenvalue weighted by Crippen LogP contribution is -2.41. The Hall–Kier alpha value is -2.25. The Bertz CT molecular complexity index is 888. The molecule has 1 aromatic carbocycles. The summed E-state index contributed by atoms with van der Waals surface area (Å²) in [6.45, 7) is 8.65. The number of nitrogens with zero attached hydrogens (tertiary/aromatic N) is 3. The van der Waals surface area contributed by atoms with Gasteiger partial charge in [-0.3, -0.25) is 4.79 Å². The van der Waals surface area contributed by atoms with Crippen LogP contribution in [0, 0.1) is 11.7 Å². The molecule has 2 aliphatic heterocycles. The minimum atomic E-state index is -0.255. The van der Waals surface area contributed by atoms with E-state index < -0.39 is 0 Å². The summed E-state index contributed by atoms with van der Waals surface area (Å²) < 4.78 is 21.4. The number of aryl methyl sites for hydroxylation is 1. The van der Waals surface area contributed by atoms with Gasteiger partial charge < -0.3 is 19.5 Å². The molecule has 1 amide bonds. The third-order valence-corrected chi connectivity index (χ3v) is 6.75. The second kappa shape index (κ2) is 10.6. The highest BCUT2D eigenvalue weighted by molar-refractivity contribution is 5.78. The number of aromatic nitrogens is 2.